The average Bonchev–Trinajstić information content (AvgIpc) is 2.65. The van der Waals surface area contributed by atoms with E-state index >= 15 is 0 Å². The molecule has 2 nitrogen and oxygen atoms in total. The van der Waals surface area contributed by atoms with Crippen LogP contribution in [0.3, 0.4) is 0 Å². The highest BCUT2D eigenvalue weighted by molar-refractivity contribution is 5.72. The molecular formula is C7H13NO. The monoisotopic (exact) mass is 127 g/mol. The minimum absolute atomic E-state index is 0.807. The number of ether oxygens (including phenoxy) is 1. The second-order valence-electron chi connectivity index (χ2n) is 2.50. The molecule has 1 saturated carbocycles. The van der Waals surface area contributed by atoms with Crippen molar-refractivity contribution < 1.29 is 4.74 Å². The first-order valence-corrected chi connectivity index (χ1v) is 3.39. The fourth-order valence-corrected chi connectivity index (χ4v) is 0.588. The predicted octanol–water partition coefficient (Wildman–Crippen LogP) is 1.46. The molecule has 0 N–H and O–H groups in total. The molecule has 1 aliphatic rings. The van der Waals surface area contributed by atoms with Crippen molar-refractivity contribution in [3.05, 3.63) is 0 Å². The first-order valence-electron chi connectivity index (χ1n) is 3.39. The van der Waals surface area contributed by atoms with E-state index in [-0.39, 0.29) is 0 Å². The molecule has 0 atom stereocenters. The van der Waals surface area contributed by atoms with E-state index in [0.29, 0.717) is 0 Å². The minimum Gasteiger partial charge on any atom is -0.481 e. The smallest absolute Gasteiger partial charge is 0.179 e. The lowest BCUT2D eigenvalue weighted by Gasteiger charge is -2.00. The Morgan fingerprint density at radius 3 is 2.78 bits per heavy atom. The molecule has 0 aromatic rings. The predicted molar refractivity (Wildman–Crippen MR) is 37.7 cm³/mol. The molecule has 2 heteroatoms. The Bertz CT molecular complexity index is 116. The van der Waals surface area contributed by atoms with Gasteiger partial charge in [-0.3, -0.25) is 4.99 Å². The highest BCUT2D eigenvalue weighted by Crippen LogP contribution is 2.28. The maximum atomic E-state index is 5.27. The number of hydrogen-bond donors (Lipinski definition) is 0. The third-order valence-electron chi connectivity index (χ3n) is 1.54. The van der Waals surface area contributed by atoms with Crippen LogP contribution >= 0.6 is 0 Å². The van der Waals surface area contributed by atoms with Crippen LogP contribution in [-0.2, 0) is 4.74 Å². The average molecular weight is 127 g/mol. The molecule has 0 heterocycles. The van der Waals surface area contributed by atoms with Gasteiger partial charge in [-0.05, 0) is 18.8 Å². The van der Waals surface area contributed by atoms with Crippen molar-refractivity contribution >= 4 is 5.90 Å². The Hall–Kier alpha value is -0.530. The van der Waals surface area contributed by atoms with E-state index in [1.54, 1.807) is 7.05 Å². The summed E-state index contributed by atoms with van der Waals surface area (Å²) >= 11 is 0. The third-order valence-corrected chi connectivity index (χ3v) is 1.54. The standard InChI is InChI=1S/C7H13NO/c1-6(8-2)9-5-7-3-4-7/h7H,3-5H2,1-2H3. The van der Waals surface area contributed by atoms with E-state index in [9.17, 15) is 0 Å². The largest absolute Gasteiger partial charge is 0.481 e. The van der Waals surface area contributed by atoms with Crippen LogP contribution in [0.25, 0.3) is 0 Å². The Kier molecular flexibility index (Phi) is 2.09. The molecule has 1 fully saturated rings. The minimum atomic E-state index is 0.807. The Morgan fingerprint density at radius 1 is 1.67 bits per heavy atom. The quantitative estimate of drug-likeness (QED) is 0.406. The van der Waals surface area contributed by atoms with Crippen LogP contribution in [0.4, 0.5) is 0 Å². The van der Waals surface area contributed by atoms with Crippen LogP contribution in [0.1, 0.15) is 19.8 Å². The van der Waals surface area contributed by atoms with Gasteiger partial charge in [-0.25, -0.2) is 0 Å². The number of aliphatic imine (C=N–C) groups is 1. The fraction of sp³-hybridized carbons (Fsp3) is 0.857. The van der Waals surface area contributed by atoms with Crippen molar-refractivity contribution in [2.24, 2.45) is 10.9 Å². The first-order chi connectivity index (χ1) is 4.33. The summed E-state index contributed by atoms with van der Waals surface area (Å²) in [6.07, 6.45) is 2.69. The second-order valence-corrected chi connectivity index (χ2v) is 2.50. The van der Waals surface area contributed by atoms with Gasteiger partial charge in [0.1, 0.15) is 0 Å². The molecule has 0 aliphatic heterocycles. The first kappa shape index (κ1) is 6.59. The van der Waals surface area contributed by atoms with Crippen LogP contribution in [0.15, 0.2) is 4.99 Å². The SMILES string of the molecule is CN=C(C)OCC1CC1. The normalized spacial score (nSPS) is 20.0. The molecule has 0 bridgehead atoms. The number of rotatable bonds is 2. The van der Waals surface area contributed by atoms with E-state index < -0.39 is 0 Å². The summed E-state index contributed by atoms with van der Waals surface area (Å²) in [4.78, 5) is 3.88. The molecule has 1 aliphatic carbocycles. The van der Waals surface area contributed by atoms with E-state index in [4.69, 9.17) is 4.74 Å². The molecule has 9 heavy (non-hydrogen) atoms. The van der Waals surface area contributed by atoms with Crippen LogP contribution in [0, 0.1) is 5.92 Å². The van der Waals surface area contributed by atoms with Crippen LogP contribution in [0.2, 0.25) is 0 Å². The molecule has 0 radical (unpaired) electrons. The molecule has 0 spiro atoms. The summed E-state index contributed by atoms with van der Waals surface area (Å²) in [5, 5.41) is 0. The van der Waals surface area contributed by atoms with Crippen molar-refractivity contribution in [1.29, 1.82) is 0 Å². The summed E-state index contributed by atoms with van der Waals surface area (Å²) in [5.41, 5.74) is 0. The Morgan fingerprint density at radius 2 is 2.33 bits per heavy atom. The van der Waals surface area contributed by atoms with Gasteiger partial charge >= 0.3 is 0 Å². The Labute approximate surface area is 55.9 Å². The van der Waals surface area contributed by atoms with Crippen molar-refractivity contribution in [2.75, 3.05) is 13.7 Å². The van der Waals surface area contributed by atoms with Gasteiger partial charge in [0.15, 0.2) is 5.90 Å². The Balaban J connectivity index is 2.03. The maximum Gasteiger partial charge on any atom is 0.179 e. The lowest BCUT2D eigenvalue weighted by molar-refractivity contribution is 0.284. The fourth-order valence-electron chi connectivity index (χ4n) is 0.588. The molecule has 1 rings (SSSR count). The van der Waals surface area contributed by atoms with Gasteiger partial charge in [0.2, 0.25) is 0 Å². The van der Waals surface area contributed by atoms with Crippen molar-refractivity contribution in [2.45, 2.75) is 19.8 Å². The third kappa shape index (κ3) is 2.49. The molecule has 0 unspecified atom stereocenters. The summed E-state index contributed by atoms with van der Waals surface area (Å²) in [7, 11) is 1.75. The summed E-state index contributed by atoms with van der Waals surface area (Å²) in [5.74, 6) is 1.64. The zero-order chi connectivity index (χ0) is 6.69. The zero-order valence-electron chi connectivity index (χ0n) is 6.05. The van der Waals surface area contributed by atoms with Gasteiger partial charge in [0.25, 0.3) is 0 Å². The zero-order valence-corrected chi connectivity index (χ0v) is 6.05. The molecular weight excluding hydrogens is 114 g/mol. The van der Waals surface area contributed by atoms with Crippen LogP contribution < -0.4 is 0 Å². The summed E-state index contributed by atoms with van der Waals surface area (Å²) in [6.45, 7) is 2.77. The van der Waals surface area contributed by atoms with Gasteiger partial charge in [-0.15, -0.1) is 0 Å². The molecule has 0 amide bonds. The van der Waals surface area contributed by atoms with E-state index in [0.717, 1.165) is 18.4 Å². The van der Waals surface area contributed by atoms with Gasteiger partial charge in [0, 0.05) is 14.0 Å². The van der Waals surface area contributed by atoms with Gasteiger partial charge in [0.05, 0.1) is 6.61 Å². The highest BCUT2D eigenvalue weighted by atomic mass is 16.5. The highest BCUT2D eigenvalue weighted by Gasteiger charge is 2.21. The second kappa shape index (κ2) is 2.85. The van der Waals surface area contributed by atoms with Crippen LogP contribution in [-0.4, -0.2) is 19.6 Å². The van der Waals surface area contributed by atoms with Gasteiger partial charge in [-0.1, -0.05) is 0 Å². The summed E-state index contributed by atoms with van der Waals surface area (Å²) < 4.78 is 5.27. The van der Waals surface area contributed by atoms with Crippen molar-refractivity contribution in [3.63, 3.8) is 0 Å². The van der Waals surface area contributed by atoms with Crippen LogP contribution in [0.5, 0.6) is 0 Å². The molecule has 52 valence electrons. The topological polar surface area (TPSA) is 21.6 Å². The number of hydrogen-bond acceptors (Lipinski definition) is 2. The summed E-state index contributed by atoms with van der Waals surface area (Å²) in [6, 6.07) is 0. The van der Waals surface area contributed by atoms with Crippen molar-refractivity contribution in [1.82, 2.24) is 0 Å². The van der Waals surface area contributed by atoms with E-state index in [2.05, 4.69) is 4.99 Å². The lowest BCUT2D eigenvalue weighted by Crippen LogP contribution is -2.01. The maximum absolute atomic E-state index is 5.27. The van der Waals surface area contributed by atoms with Gasteiger partial charge < -0.3 is 4.74 Å². The number of nitrogens with zero attached hydrogens (tertiary/aromatic N) is 1. The molecule has 0 saturated heterocycles. The van der Waals surface area contributed by atoms with E-state index in [1.165, 1.54) is 12.8 Å². The van der Waals surface area contributed by atoms with Crippen molar-refractivity contribution in [3.8, 4) is 0 Å². The molecule has 0 aromatic heterocycles. The molecule has 0 aromatic carbocycles. The van der Waals surface area contributed by atoms with Gasteiger partial charge in [-0.2, -0.15) is 0 Å². The van der Waals surface area contributed by atoms with E-state index in [1.807, 2.05) is 6.92 Å². The lowest BCUT2D eigenvalue weighted by atomic mass is 10.5.